The smallest absolute Gasteiger partial charge is 0.000521 e. The predicted octanol–water partition coefficient (Wildman–Crippen LogP) is 3.98. The molecule has 2 unspecified atom stereocenters. The van der Waals surface area contributed by atoms with Gasteiger partial charge in [0.05, 0.1) is 0 Å². The van der Waals surface area contributed by atoms with Crippen LogP contribution in [0.4, 0.5) is 0 Å². The Bertz CT molecular complexity index is 315. The molecule has 0 spiro atoms. The number of hydrogen-bond acceptors (Lipinski definition) is 1. The molecule has 1 nitrogen and oxygen atoms in total. The van der Waals surface area contributed by atoms with Crippen molar-refractivity contribution in [2.75, 3.05) is 13.6 Å². The Hall–Kier alpha value is -0.0400. The molecule has 5 saturated carbocycles. The monoisotopic (exact) mass is 247 g/mol. The van der Waals surface area contributed by atoms with Gasteiger partial charge in [-0.1, -0.05) is 12.8 Å². The first kappa shape index (κ1) is 11.8. The summed E-state index contributed by atoms with van der Waals surface area (Å²) < 4.78 is 0. The second-order valence-electron chi connectivity index (χ2n) is 8.34. The summed E-state index contributed by atoms with van der Waals surface area (Å²) in [4.78, 5) is 0. The number of nitrogens with one attached hydrogen (secondary N) is 1. The Kier molecular flexibility index (Phi) is 2.60. The first-order valence-corrected chi connectivity index (χ1v) is 8.38. The minimum atomic E-state index is 0.710. The molecule has 0 heterocycles. The van der Waals surface area contributed by atoms with E-state index in [2.05, 4.69) is 12.4 Å². The van der Waals surface area contributed by atoms with Gasteiger partial charge < -0.3 is 5.32 Å². The van der Waals surface area contributed by atoms with Gasteiger partial charge in [0.2, 0.25) is 0 Å². The molecule has 18 heavy (non-hydrogen) atoms. The van der Waals surface area contributed by atoms with Crippen LogP contribution in [-0.2, 0) is 0 Å². The van der Waals surface area contributed by atoms with Crippen molar-refractivity contribution >= 4 is 0 Å². The summed E-state index contributed by atoms with van der Waals surface area (Å²) in [6.45, 7) is 1.30. The van der Waals surface area contributed by atoms with Crippen LogP contribution in [-0.4, -0.2) is 13.6 Å². The number of rotatable bonds is 3. The maximum atomic E-state index is 3.53. The summed E-state index contributed by atoms with van der Waals surface area (Å²) in [5.74, 6) is 3.31. The molecule has 1 N–H and O–H groups in total. The molecule has 0 aromatic heterocycles. The van der Waals surface area contributed by atoms with Crippen molar-refractivity contribution in [3.05, 3.63) is 0 Å². The topological polar surface area (TPSA) is 12.0 Å². The van der Waals surface area contributed by atoms with Crippen LogP contribution in [0.5, 0.6) is 0 Å². The van der Waals surface area contributed by atoms with Crippen molar-refractivity contribution in [1.29, 1.82) is 0 Å². The summed E-state index contributed by atoms with van der Waals surface area (Å²) in [6, 6.07) is 0. The lowest BCUT2D eigenvalue weighted by molar-refractivity contribution is -0.133. The van der Waals surface area contributed by atoms with E-state index >= 15 is 0 Å². The minimum Gasteiger partial charge on any atom is -0.319 e. The molecule has 4 bridgehead atoms. The largest absolute Gasteiger partial charge is 0.319 e. The molecule has 0 aliphatic heterocycles. The van der Waals surface area contributed by atoms with E-state index in [0.29, 0.717) is 5.41 Å². The van der Waals surface area contributed by atoms with E-state index in [0.717, 1.165) is 23.2 Å². The molecule has 1 heteroatoms. The summed E-state index contributed by atoms with van der Waals surface area (Å²) >= 11 is 0. The molecule has 0 aromatic rings. The van der Waals surface area contributed by atoms with Crippen molar-refractivity contribution in [2.24, 2.45) is 28.6 Å². The molecule has 0 aromatic carbocycles. The van der Waals surface area contributed by atoms with Crippen molar-refractivity contribution < 1.29 is 0 Å². The Morgan fingerprint density at radius 1 is 1.00 bits per heavy atom. The van der Waals surface area contributed by atoms with Crippen LogP contribution in [0, 0.1) is 28.6 Å². The second kappa shape index (κ2) is 3.98. The zero-order chi connectivity index (χ0) is 12.2. The first-order chi connectivity index (χ1) is 8.74. The fourth-order valence-corrected chi connectivity index (χ4v) is 7.12. The van der Waals surface area contributed by atoms with Gasteiger partial charge in [0.1, 0.15) is 0 Å². The van der Waals surface area contributed by atoms with Gasteiger partial charge in [-0.2, -0.15) is 0 Å². The quantitative estimate of drug-likeness (QED) is 0.795. The summed E-state index contributed by atoms with van der Waals surface area (Å²) in [5.41, 5.74) is 1.51. The Morgan fingerprint density at radius 2 is 1.67 bits per heavy atom. The van der Waals surface area contributed by atoms with Crippen LogP contribution >= 0.6 is 0 Å². The maximum Gasteiger partial charge on any atom is 0.000521 e. The average Bonchev–Trinajstić information content (AvgIpc) is 2.80. The average molecular weight is 247 g/mol. The first-order valence-electron chi connectivity index (χ1n) is 8.38. The van der Waals surface area contributed by atoms with Gasteiger partial charge in [-0.05, 0) is 87.0 Å². The second-order valence-corrected chi connectivity index (χ2v) is 8.34. The van der Waals surface area contributed by atoms with E-state index in [1.54, 1.807) is 51.4 Å². The van der Waals surface area contributed by atoms with Crippen LogP contribution in [0.2, 0.25) is 0 Å². The number of hydrogen-bond donors (Lipinski definition) is 1. The Labute approximate surface area is 112 Å². The normalized spacial score (nSPS) is 51.2. The van der Waals surface area contributed by atoms with Gasteiger partial charge in [-0.3, -0.25) is 0 Å². The van der Waals surface area contributed by atoms with Crippen LogP contribution in [0.3, 0.4) is 0 Å². The van der Waals surface area contributed by atoms with Crippen LogP contribution in [0.15, 0.2) is 0 Å². The molecule has 5 fully saturated rings. The third-order valence-electron chi connectivity index (χ3n) is 7.00. The van der Waals surface area contributed by atoms with Gasteiger partial charge in [0, 0.05) is 6.54 Å². The highest BCUT2D eigenvalue weighted by atomic mass is 14.8. The predicted molar refractivity (Wildman–Crippen MR) is 75.4 cm³/mol. The van der Waals surface area contributed by atoms with E-state index in [9.17, 15) is 0 Å². The fourth-order valence-electron chi connectivity index (χ4n) is 7.12. The molecule has 102 valence electrons. The van der Waals surface area contributed by atoms with Gasteiger partial charge in [0.25, 0.3) is 0 Å². The maximum absolute atomic E-state index is 3.53. The van der Waals surface area contributed by atoms with Gasteiger partial charge in [-0.25, -0.2) is 0 Å². The minimum absolute atomic E-state index is 0.710. The van der Waals surface area contributed by atoms with E-state index in [1.807, 2.05) is 0 Å². The third kappa shape index (κ3) is 1.62. The third-order valence-corrected chi connectivity index (χ3v) is 7.00. The zero-order valence-electron chi connectivity index (χ0n) is 12.0. The van der Waals surface area contributed by atoms with Crippen molar-refractivity contribution in [3.8, 4) is 0 Å². The van der Waals surface area contributed by atoms with E-state index in [1.165, 1.54) is 19.4 Å². The molecule has 0 saturated heterocycles. The van der Waals surface area contributed by atoms with Crippen LogP contribution in [0.1, 0.15) is 64.2 Å². The lowest BCUT2D eigenvalue weighted by Gasteiger charge is -2.64. The molecule has 4 atom stereocenters. The Morgan fingerprint density at radius 3 is 2.28 bits per heavy atom. The molecule has 5 rings (SSSR count). The summed E-state index contributed by atoms with van der Waals surface area (Å²) in [5, 5.41) is 3.53. The fraction of sp³-hybridized carbons (Fsp3) is 1.00. The molecule has 5 aliphatic rings. The molecular weight excluding hydrogens is 218 g/mol. The lowest BCUT2D eigenvalue weighted by Crippen LogP contribution is -2.56. The molecule has 0 amide bonds. The van der Waals surface area contributed by atoms with E-state index in [4.69, 9.17) is 0 Å². The van der Waals surface area contributed by atoms with Crippen molar-refractivity contribution in [1.82, 2.24) is 5.32 Å². The van der Waals surface area contributed by atoms with Gasteiger partial charge >= 0.3 is 0 Å². The zero-order valence-corrected chi connectivity index (χ0v) is 12.0. The van der Waals surface area contributed by atoms with Crippen molar-refractivity contribution in [2.45, 2.75) is 64.2 Å². The highest BCUT2D eigenvalue weighted by Crippen LogP contribution is 2.68. The molecule has 5 aliphatic carbocycles. The SMILES string of the molecule is CNCC12C[C@H]3C[C@@H](C1)CC(C1CCCC1)(C3)C2. The van der Waals surface area contributed by atoms with E-state index in [-0.39, 0.29) is 0 Å². The van der Waals surface area contributed by atoms with Crippen LogP contribution < -0.4 is 5.32 Å². The standard InChI is InChI=1S/C17H29N/c1-18-12-16-7-13-6-14(8-16)10-17(9-13,11-16)15-4-2-3-5-15/h13-15,18H,2-12H2,1H3/t13-,14+,16?,17?. The van der Waals surface area contributed by atoms with Crippen molar-refractivity contribution in [3.63, 3.8) is 0 Å². The van der Waals surface area contributed by atoms with Crippen LogP contribution in [0.25, 0.3) is 0 Å². The summed E-state index contributed by atoms with van der Waals surface area (Å²) in [7, 11) is 2.17. The molecule has 0 radical (unpaired) electrons. The summed E-state index contributed by atoms with van der Waals surface area (Å²) in [6.07, 6.45) is 15.7. The molecular formula is C17H29N. The Balaban J connectivity index is 1.65. The highest BCUT2D eigenvalue weighted by molar-refractivity contribution is 5.10. The highest BCUT2D eigenvalue weighted by Gasteiger charge is 2.59. The van der Waals surface area contributed by atoms with E-state index < -0.39 is 0 Å². The van der Waals surface area contributed by atoms with Gasteiger partial charge in [0.15, 0.2) is 0 Å². The van der Waals surface area contributed by atoms with Gasteiger partial charge in [-0.15, -0.1) is 0 Å². The lowest BCUT2D eigenvalue weighted by atomic mass is 9.41.